The molecule has 6 nitrogen and oxygen atoms in total. The number of amides is 1. The number of esters is 1. The lowest BCUT2D eigenvalue weighted by molar-refractivity contribution is 0.0229. The zero-order valence-corrected chi connectivity index (χ0v) is 14.8. The molecule has 7 heteroatoms. The molecule has 1 amide bonds. The summed E-state index contributed by atoms with van der Waals surface area (Å²) in [6, 6.07) is 10.3. The monoisotopic (exact) mass is 370 g/mol. The van der Waals surface area contributed by atoms with Gasteiger partial charge in [-0.1, -0.05) is 0 Å². The van der Waals surface area contributed by atoms with Crippen molar-refractivity contribution in [3.05, 3.63) is 53.1 Å². The van der Waals surface area contributed by atoms with E-state index in [-0.39, 0.29) is 18.0 Å². The van der Waals surface area contributed by atoms with Gasteiger partial charge in [0, 0.05) is 11.8 Å². The Morgan fingerprint density at radius 3 is 2.65 bits per heavy atom. The quantitative estimate of drug-likeness (QED) is 0.685. The van der Waals surface area contributed by atoms with Crippen molar-refractivity contribution in [2.75, 3.05) is 18.4 Å². The highest BCUT2D eigenvalue weighted by Crippen LogP contribution is 2.27. The van der Waals surface area contributed by atoms with Gasteiger partial charge >= 0.3 is 5.97 Å². The maximum atomic E-state index is 12.3. The van der Waals surface area contributed by atoms with Gasteiger partial charge in [0.05, 0.1) is 21.4 Å². The van der Waals surface area contributed by atoms with Crippen LogP contribution in [0.5, 0.6) is 0 Å². The number of fused-ring (bicyclic) bond motifs is 1. The molecule has 4 rings (SSSR count). The maximum absolute atomic E-state index is 12.3. The molecule has 0 unspecified atom stereocenters. The molecule has 2 N–H and O–H groups in total. The van der Waals surface area contributed by atoms with Crippen molar-refractivity contribution in [2.45, 2.75) is 18.9 Å². The number of anilines is 1. The van der Waals surface area contributed by atoms with Gasteiger partial charge in [0.25, 0.3) is 5.91 Å². The number of nitrogens with one attached hydrogen (secondary N) is 2. The first-order valence-corrected chi connectivity index (χ1v) is 9.31. The first-order valence-electron chi connectivity index (χ1n) is 8.49. The van der Waals surface area contributed by atoms with Crippen molar-refractivity contribution in [3.8, 4) is 0 Å². The van der Waals surface area contributed by atoms with E-state index in [0.717, 1.165) is 30.6 Å². The summed E-state index contributed by atoms with van der Waals surface area (Å²) >= 11 is 1.37. The van der Waals surface area contributed by atoms with Crippen LogP contribution in [0, 0.1) is 0 Å². The lowest BCUT2D eigenvalue weighted by atomic mass is 10.1. The molecule has 1 aliphatic rings. The molecule has 1 aliphatic heterocycles. The summed E-state index contributed by atoms with van der Waals surface area (Å²) < 4.78 is 11.7. The number of thiophene rings is 1. The van der Waals surface area contributed by atoms with Crippen LogP contribution in [0.15, 0.2) is 47.1 Å². The lowest BCUT2D eigenvalue weighted by Gasteiger charge is -2.22. The Kier molecular flexibility index (Phi) is 4.73. The Morgan fingerprint density at radius 1 is 1.15 bits per heavy atom. The third kappa shape index (κ3) is 3.63. The Bertz CT molecular complexity index is 894. The molecule has 3 heterocycles. The van der Waals surface area contributed by atoms with Gasteiger partial charge in [0.15, 0.2) is 0 Å². The summed E-state index contributed by atoms with van der Waals surface area (Å²) in [7, 11) is 0. The van der Waals surface area contributed by atoms with Crippen LogP contribution in [0.1, 0.15) is 32.9 Å². The predicted octanol–water partition coefficient (Wildman–Crippen LogP) is 3.66. The van der Waals surface area contributed by atoms with E-state index in [9.17, 15) is 9.59 Å². The largest absolute Gasteiger partial charge is 0.463 e. The summed E-state index contributed by atoms with van der Waals surface area (Å²) in [5.41, 5.74) is 1.81. The second-order valence-corrected chi connectivity index (χ2v) is 7.23. The molecular formula is C19H18N2O4S. The third-order valence-electron chi connectivity index (χ3n) is 4.30. The summed E-state index contributed by atoms with van der Waals surface area (Å²) in [4.78, 5) is 25.1. The SMILES string of the molecule is O=C(OC1CCNCC1)c1ccc(NC(=O)c2cc3occc3s2)cc1. The molecule has 2 aromatic heterocycles. The highest BCUT2D eigenvalue weighted by molar-refractivity contribution is 7.20. The fourth-order valence-electron chi connectivity index (χ4n) is 2.89. The molecule has 134 valence electrons. The number of carbonyl (C=O) groups is 2. The molecule has 0 aliphatic carbocycles. The first kappa shape index (κ1) is 16.8. The standard InChI is InChI=1S/C19H18N2O4S/c22-18(17-11-15-16(26-17)7-10-24-15)21-13-3-1-12(2-4-13)19(23)25-14-5-8-20-9-6-14/h1-4,7,10-11,14,20H,5-6,8-9H2,(H,21,22). The van der Waals surface area contributed by atoms with Gasteiger partial charge in [0.2, 0.25) is 0 Å². The topological polar surface area (TPSA) is 80.6 Å². The molecule has 0 saturated carbocycles. The Labute approximate surface area is 154 Å². The minimum atomic E-state index is -0.326. The van der Waals surface area contributed by atoms with E-state index in [0.29, 0.717) is 21.7 Å². The van der Waals surface area contributed by atoms with E-state index in [2.05, 4.69) is 10.6 Å². The number of ether oxygens (including phenoxy) is 1. The van der Waals surface area contributed by atoms with E-state index in [1.54, 1.807) is 36.6 Å². The van der Waals surface area contributed by atoms with Crippen LogP contribution in [0.3, 0.4) is 0 Å². The number of piperidine rings is 1. The van der Waals surface area contributed by atoms with Crippen molar-refractivity contribution in [1.29, 1.82) is 0 Å². The van der Waals surface area contributed by atoms with Crippen molar-refractivity contribution < 1.29 is 18.7 Å². The van der Waals surface area contributed by atoms with E-state index < -0.39 is 0 Å². The number of hydrogen-bond acceptors (Lipinski definition) is 6. The van der Waals surface area contributed by atoms with Crippen molar-refractivity contribution in [1.82, 2.24) is 5.32 Å². The molecule has 1 aromatic carbocycles. The van der Waals surface area contributed by atoms with Crippen LogP contribution in [0.25, 0.3) is 10.3 Å². The number of furan rings is 1. The molecule has 0 spiro atoms. The van der Waals surface area contributed by atoms with Gasteiger partial charge in [-0.15, -0.1) is 11.3 Å². The smallest absolute Gasteiger partial charge is 0.338 e. The van der Waals surface area contributed by atoms with Crippen molar-refractivity contribution in [3.63, 3.8) is 0 Å². The Balaban J connectivity index is 1.38. The molecule has 26 heavy (non-hydrogen) atoms. The highest BCUT2D eigenvalue weighted by atomic mass is 32.1. The molecule has 0 atom stereocenters. The molecule has 1 fully saturated rings. The molecular weight excluding hydrogens is 352 g/mol. The lowest BCUT2D eigenvalue weighted by Crippen LogP contribution is -2.33. The summed E-state index contributed by atoms with van der Waals surface area (Å²) in [6.45, 7) is 1.74. The van der Waals surface area contributed by atoms with E-state index in [4.69, 9.17) is 9.15 Å². The van der Waals surface area contributed by atoms with Gasteiger partial charge in [-0.2, -0.15) is 0 Å². The van der Waals surface area contributed by atoms with Crippen LogP contribution in [0.4, 0.5) is 5.69 Å². The van der Waals surface area contributed by atoms with Crippen molar-refractivity contribution >= 4 is 39.2 Å². The third-order valence-corrected chi connectivity index (χ3v) is 5.38. The van der Waals surface area contributed by atoms with E-state index >= 15 is 0 Å². The van der Waals surface area contributed by atoms with Crippen LogP contribution in [-0.4, -0.2) is 31.1 Å². The average molecular weight is 370 g/mol. The minimum absolute atomic E-state index is 0.0276. The fraction of sp³-hybridized carbons (Fsp3) is 0.263. The maximum Gasteiger partial charge on any atom is 0.338 e. The second kappa shape index (κ2) is 7.31. The number of carbonyl (C=O) groups excluding carboxylic acids is 2. The van der Waals surface area contributed by atoms with Gasteiger partial charge in [-0.05, 0) is 56.3 Å². The van der Waals surface area contributed by atoms with Gasteiger partial charge < -0.3 is 19.8 Å². The molecule has 1 saturated heterocycles. The normalized spacial score (nSPS) is 15.1. The van der Waals surface area contributed by atoms with E-state index in [1.807, 2.05) is 6.07 Å². The first-order chi connectivity index (χ1) is 12.7. The van der Waals surface area contributed by atoms with Crippen LogP contribution in [0.2, 0.25) is 0 Å². The number of benzene rings is 1. The van der Waals surface area contributed by atoms with Crippen LogP contribution < -0.4 is 10.6 Å². The number of rotatable bonds is 4. The average Bonchev–Trinajstić information content (AvgIpc) is 3.25. The van der Waals surface area contributed by atoms with Crippen molar-refractivity contribution in [2.24, 2.45) is 0 Å². The van der Waals surface area contributed by atoms with Crippen LogP contribution in [-0.2, 0) is 4.74 Å². The summed E-state index contributed by atoms with van der Waals surface area (Å²) in [5.74, 6) is -0.528. The fourth-order valence-corrected chi connectivity index (χ4v) is 3.77. The molecule has 0 bridgehead atoms. The van der Waals surface area contributed by atoms with Gasteiger partial charge in [0.1, 0.15) is 11.7 Å². The Hall–Kier alpha value is -2.64. The summed E-state index contributed by atoms with van der Waals surface area (Å²) in [6.07, 6.45) is 3.25. The molecule has 0 radical (unpaired) electrons. The van der Waals surface area contributed by atoms with Crippen LogP contribution >= 0.6 is 11.3 Å². The summed E-state index contributed by atoms with van der Waals surface area (Å²) in [5, 5.41) is 6.06. The Morgan fingerprint density at radius 2 is 1.92 bits per heavy atom. The zero-order valence-electron chi connectivity index (χ0n) is 14.0. The van der Waals surface area contributed by atoms with Gasteiger partial charge in [-0.3, -0.25) is 4.79 Å². The van der Waals surface area contributed by atoms with E-state index in [1.165, 1.54) is 11.3 Å². The van der Waals surface area contributed by atoms with Gasteiger partial charge in [-0.25, -0.2) is 4.79 Å². The zero-order chi connectivity index (χ0) is 17.9. The number of hydrogen-bond donors (Lipinski definition) is 2. The minimum Gasteiger partial charge on any atom is -0.463 e. The predicted molar refractivity (Wildman–Crippen MR) is 99.8 cm³/mol. The second-order valence-electron chi connectivity index (χ2n) is 6.15. The molecule has 3 aromatic rings. The highest BCUT2D eigenvalue weighted by Gasteiger charge is 2.18.